The summed E-state index contributed by atoms with van der Waals surface area (Å²) in [5.74, 6) is 0.891. The van der Waals surface area contributed by atoms with Crippen LogP contribution in [0.1, 0.15) is 71.5 Å². The molecule has 0 radical (unpaired) electrons. The van der Waals surface area contributed by atoms with Gasteiger partial charge in [0, 0.05) is 38.8 Å². The van der Waals surface area contributed by atoms with Gasteiger partial charge in [0.15, 0.2) is 0 Å². The molecule has 2 aliphatic rings. The van der Waals surface area contributed by atoms with Gasteiger partial charge in [-0.2, -0.15) is 0 Å². The zero-order valence-electron chi connectivity index (χ0n) is 24.5. The van der Waals surface area contributed by atoms with Crippen LogP contribution in [0.5, 0.6) is 0 Å². The SMILES string of the molecule is CN/C=C(\CNC)c1cc(F)cc(CNC(=O)C2NC=Cc3nc(C4CCCC4)n(CCOCc4ccccc4)c32)c1. The number of nitrogens with one attached hydrogen (secondary N) is 4. The zero-order valence-corrected chi connectivity index (χ0v) is 24.5. The minimum absolute atomic E-state index is 0.183. The molecule has 1 amide bonds. The van der Waals surface area contributed by atoms with Gasteiger partial charge in [-0.1, -0.05) is 43.2 Å². The van der Waals surface area contributed by atoms with E-state index < -0.39 is 6.04 Å². The molecule has 8 nitrogen and oxygen atoms in total. The van der Waals surface area contributed by atoms with E-state index in [0.717, 1.165) is 46.8 Å². The molecule has 1 atom stereocenters. The zero-order chi connectivity index (χ0) is 29.3. The van der Waals surface area contributed by atoms with Crippen LogP contribution in [0.4, 0.5) is 4.39 Å². The maximum Gasteiger partial charge on any atom is 0.249 e. The topological polar surface area (TPSA) is 92.2 Å². The van der Waals surface area contributed by atoms with E-state index in [1.807, 2.05) is 50.6 Å². The molecule has 1 fully saturated rings. The number of aromatic nitrogens is 2. The molecule has 222 valence electrons. The maximum atomic E-state index is 14.6. The summed E-state index contributed by atoms with van der Waals surface area (Å²) < 4.78 is 22.8. The van der Waals surface area contributed by atoms with Crippen molar-refractivity contribution in [3.63, 3.8) is 0 Å². The molecular formula is C33H41FN6O2. The second kappa shape index (κ2) is 14.3. The lowest BCUT2D eigenvalue weighted by Gasteiger charge is -2.24. The number of benzene rings is 2. The van der Waals surface area contributed by atoms with Crippen molar-refractivity contribution >= 4 is 17.6 Å². The lowest BCUT2D eigenvalue weighted by atomic mass is 10.0. The van der Waals surface area contributed by atoms with Gasteiger partial charge in [0.25, 0.3) is 0 Å². The van der Waals surface area contributed by atoms with E-state index in [1.54, 1.807) is 6.20 Å². The summed E-state index contributed by atoms with van der Waals surface area (Å²) >= 11 is 0. The fourth-order valence-corrected chi connectivity index (χ4v) is 5.91. The van der Waals surface area contributed by atoms with Gasteiger partial charge in [-0.15, -0.1) is 0 Å². The van der Waals surface area contributed by atoms with E-state index >= 15 is 0 Å². The third-order valence-corrected chi connectivity index (χ3v) is 7.88. The highest BCUT2D eigenvalue weighted by atomic mass is 19.1. The van der Waals surface area contributed by atoms with Crippen molar-refractivity contribution in [2.24, 2.45) is 0 Å². The Morgan fingerprint density at radius 1 is 1.14 bits per heavy atom. The Bertz CT molecular complexity index is 1410. The fourth-order valence-electron chi connectivity index (χ4n) is 5.91. The minimum atomic E-state index is -0.612. The Morgan fingerprint density at radius 3 is 2.71 bits per heavy atom. The molecule has 1 aromatic heterocycles. The van der Waals surface area contributed by atoms with E-state index in [0.29, 0.717) is 37.8 Å². The first-order valence-electron chi connectivity index (χ1n) is 14.8. The molecule has 2 heterocycles. The van der Waals surface area contributed by atoms with Crippen LogP contribution in [-0.4, -0.2) is 42.7 Å². The highest BCUT2D eigenvalue weighted by Crippen LogP contribution is 2.37. The number of hydrogen-bond donors (Lipinski definition) is 4. The molecule has 0 bridgehead atoms. The fraction of sp³-hybridized carbons (Fsp3) is 0.394. The van der Waals surface area contributed by atoms with Crippen LogP contribution in [0.15, 0.2) is 60.9 Å². The molecule has 1 saturated carbocycles. The average Bonchev–Trinajstić information content (AvgIpc) is 3.66. The van der Waals surface area contributed by atoms with E-state index in [-0.39, 0.29) is 18.3 Å². The van der Waals surface area contributed by atoms with Crippen molar-refractivity contribution in [1.82, 2.24) is 30.8 Å². The second-order valence-corrected chi connectivity index (χ2v) is 10.9. The monoisotopic (exact) mass is 572 g/mol. The van der Waals surface area contributed by atoms with Crippen LogP contribution in [-0.2, 0) is 29.2 Å². The molecule has 0 saturated heterocycles. The lowest BCUT2D eigenvalue weighted by molar-refractivity contribution is -0.123. The summed E-state index contributed by atoms with van der Waals surface area (Å²) in [5, 5.41) is 12.4. The molecule has 2 aromatic carbocycles. The van der Waals surface area contributed by atoms with E-state index in [2.05, 4.69) is 38.0 Å². The van der Waals surface area contributed by atoms with Gasteiger partial charge in [-0.05, 0) is 72.6 Å². The van der Waals surface area contributed by atoms with Crippen LogP contribution in [0.3, 0.4) is 0 Å². The highest BCUT2D eigenvalue weighted by Gasteiger charge is 2.33. The Kier molecular flexibility index (Phi) is 10.0. The van der Waals surface area contributed by atoms with Crippen molar-refractivity contribution in [3.8, 4) is 0 Å². The lowest BCUT2D eigenvalue weighted by Crippen LogP contribution is -2.38. The van der Waals surface area contributed by atoms with Crippen LogP contribution in [0, 0.1) is 5.82 Å². The Balaban J connectivity index is 1.33. The van der Waals surface area contributed by atoms with Crippen molar-refractivity contribution in [2.75, 3.05) is 27.2 Å². The molecule has 5 rings (SSSR count). The predicted octanol–water partition coefficient (Wildman–Crippen LogP) is 4.61. The summed E-state index contributed by atoms with van der Waals surface area (Å²) in [6.07, 6.45) is 10.2. The Labute approximate surface area is 247 Å². The number of rotatable bonds is 13. The molecule has 1 aliphatic heterocycles. The number of amides is 1. The van der Waals surface area contributed by atoms with E-state index in [1.165, 1.54) is 25.0 Å². The van der Waals surface area contributed by atoms with Crippen LogP contribution < -0.4 is 21.3 Å². The van der Waals surface area contributed by atoms with Crippen molar-refractivity contribution in [2.45, 2.75) is 57.3 Å². The number of nitrogens with zero attached hydrogens (tertiary/aromatic N) is 2. The van der Waals surface area contributed by atoms with Gasteiger partial charge in [0.1, 0.15) is 17.7 Å². The van der Waals surface area contributed by atoms with Gasteiger partial charge >= 0.3 is 0 Å². The van der Waals surface area contributed by atoms with Gasteiger partial charge in [0.05, 0.1) is 24.6 Å². The number of carbonyl (C=O) groups is 1. The van der Waals surface area contributed by atoms with Crippen molar-refractivity contribution < 1.29 is 13.9 Å². The number of fused-ring (bicyclic) bond motifs is 1. The van der Waals surface area contributed by atoms with E-state index in [9.17, 15) is 9.18 Å². The highest BCUT2D eigenvalue weighted by molar-refractivity contribution is 5.85. The number of carbonyl (C=O) groups excluding carboxylic acids is 1. The summed E-state index contributed by atoms with van der Waals surface area (Å²) in [4.78, 5) is 18.7. The van der Waals surface area contributed by atoms with Crippen LogP contribution in [0.2, 0.25) is 0 Å². The molecule has 3 aromatic rings. The van der Waals surface area contributed by atoms with E-state index in [4.69, 9.17) is 9.72 Å². The average molecular weight is 573 g/mol. The summed E-state index contributed by atoms with van der Waals surface area (Å²) in [6.45, 7) is 2.44. The molecule has 0 spiro atoms. The normalized spacial score (nSPS) is 16.7. The van der Waals surface area contributed by atoms with Gasteiger partial charge in [-0.25, -0.2) is 9.37 Å². The second-order valence-electron chi connectivity index (χ2n) is 10.9. The molecule has 42 heavy (non-hydrogen) atoms. The maximum absolute atomic E-state index is 14.6. The summed E-state index contributed by atoms with van der Waals surface area (Å²) in [5.41, 5.74) is 5.18. The van der Waals surface area contributed by atoms with Crippen molar-refractivity contribution in [1.29, 1.82) is 0 Å². The van der Waals surface area contributed by atoms with Crippen LogP contribution in [0.25, 0.3) is 11.6 Å². The molecule has 1 unspecified atom stereocenters. The number of hydrogen-bond acceptors (Lipinski definition) is 6. The quantitative estimate of drug-likeness (QED) is 0.224. The van der Waals surface area contributed by atoms with Crippen LogP contribution >= 0.6 is 0 Å². The van der Waals surface area contributed by atoms with Gasteiger partial charge in [-0.3, -0.25) is 4.79 Å². The first-order valence-corrected chi connectivity index (χ1v) is 14.8. The van der Waals surface area contributed by atoms with Gasteiger partial charge in [0.2, 0.25) is 5.91 Å². The predicted molar refractivity (Wildman–Crippen MR) is 164 cm³/mol. The Morgan fingerprint density at radius 2 is 1.95 bits per heavy atom. The molecule has 4 N–H and O–H groups in total. The number of imidazole rings is 1. The molecule has 1 aliphatic carbocycles. The standard InChI is InChI=1S/C33H41FN6O2/c1-35-20-27(21-36-2)26-16-24(17-28(34)18-26)19-38-33(41)30-31-29(12-13-37-30)39-32(25-10-6-7-11-25)40(31)14-15-42-22-23-8-4-3-5-9-23/h3-5,8-9,12-13,16-18,20,25,30,35-37H,6-7,10-11,14-15,19,21-22H2,1-2H3,(H,38,41)/b27-20+. The molecule has 9 heteroatoms. The molecular weight excluding hydrogens is 531 g/mol. The third-order valence-electron chi connectivity index (χ3n) is 7.88. The third kappa shape index (κ3) is 7.09. The first-order chi connectivity index (χ1) is 20.6. The minimum Gasteiger partial charge on any atom is -0.394 e. The number of likely N-dealkylation sites (N-methyl/N-ethyl adjacent to an activating group) is 1. The largest absolute Gasteiger partial charge is 0.394 e. The Hall–Kier alpha value is -3.95. The summed E-state index contributed by atoms with van der Waals surface area (Å²) in [7, 11) is 3.66. The van der Waals surface area contributed by atoms with Crippen molar-refractivity contribution in [3.05, 3.63) is 101 Å². The summed E-state index contributed by atoms with van der Waals surface area (Å²) in [6, 6.07) is 14.4. The number of halogens is 1. The first kappa shape index (κ1) is 29.5. The smallest absolute Gasteiger partial charge is 0.249 e. The number of ether oxygens (including phenoxy) is 1. The van der Waals surface area contributed by atoms with Gasteiger partial charge < -0.3 is 30.6 Å².